The van der Waals surface area contributed by atoms with Crippen LogP contribution in [0.4, 0.5) is 4.39 Å². The fourth-order valence-electron chi connectivity index (χ4n) is 1.75. The number of hydrogen-bond acceptors (Lipinski definition) is 2. The fraction of sp³-hybridized carbons (Fsp3) is 0.538. The van der Waals surface area contributed by atoms with E-state index in [1.807, 2.05) is 6.07 Å². The first-order chi connectivity index (χ1) is 8.24. The molecule has 0 aliphatic heterocycles. The van der Waals surface area contributed by atoms with Crippen LogP contribution in [0.3, 0.4) is 0 Å². The van der Waals surface area contributed by atoms with E-state index in [0.717, 1.165) is 42.1 Å². The summed E-state index contributed by atoms with van der Waals surface area (Å²) in [7, 11) is 0. The van der Waals surface area contributed by atoms with E-state index in [9.17, 15) is 4.39 Å². The van der Waals surface area contributed by atoms with Crippen LogP contribution in [0.1, 0.15) is 24.8 Å². The largest absolute Gasteiger partial charge is 0.314 e. The normalized spacial score (nSPS) is 15.2. The molecule has 0 unspecified atom stereocenters. The highest BCUT2D eigenvalue weighted by Gasteiger charge is 2.19. The van der Waals surface area contributed by atoms with E-state index in [1.165, 1.54) is 18.9 Å². The predicted molar refractivity (Wildman–Crippen MR) is 71.4 cm³/mol. The van der Waals surface area contributed by atoms with Gasteiger partial charge in [-0.3, -0.25) is 0 Å². The first-order valence-electron chi connectivity index (χ1n) is 6.13. The van der Waals surface area contributed by atoms with Gasteiger partial charge in [0.2, 0.25) is 0 Å². The lowest BCUT2D eigenvalue weighted by Gasteiger charge is -2.06. The van der Waals surface area contributed by atoms with E-state index in [-0.39, 0.29) is 5.82 Å². The van der Waals surface area contributed by atoms with Crippen molar-refractivity contribution in [2.24, 2.45) is 0 Å². The zero-order valence-electron chi connectivity index (χ0n) is 9.81. The molecule has 1 aliphatic rings. The maximum Gasteiger partial charge on any atom is 0.124 e. The van der Waals surface area contributed by atoms with E-state index in [0.29, 0.717) is 0 Å². The molecule has 2 N–H and O–H groups in total. The Balaban J connectivity index is 1.59. The Morgan fingerprint density at radius 3 is 2.76 bits per heavy atom. The van der Waals surface area contributed by atoms with Gasteiger partial charge in [-0.15, -0.1) is 0 Å². The average molecular weight is 301 g/mol. The molecule has 0 aromatic heterocycles. The monoisotopic (exact) mass is 300 g/mol. The summed E-state index contributed by atoms with van der Waals surface area (Å²) in [4.78, 5) is 0. The first-order valence-corrected chi connectivity index (χ1v) is 6.92. The molecule has 1 aromatic rings. The summed E-state index contributed by atoms with van der Waals surface area (Å²) < 4.78 is 13.9. The number of halogens is 2. The SMILES string of the molecule is Fc1cc(Br)cc(CNCCCNC2CC2)c1. The standard InChI is InChI=1S/C13H18BrFN2/c14-11-6-10(7-12(15)8-11)9-16-4-1-5-17-13-2-3-13/h6-8,13,16-17H,1-5,9H2. The van der Waals surface area contributed by atoms with Crippen LogP contribution in [0.15, 0.2) is 22.7 Å². The summed E-state index contributed by atoms with van der Waals surface area (Å²) >= 11 is 3.29. The molecule has 0 radical (unpaired) electrons. The molecule has 1 fully saturated rings. The third-order valence-corrected chi connectivity index (χ3v) is 3.25. The van der Waals surface area contributed by atoms with Crippen LogP contribution in [-0.4, -0.2) is 19.1 Å². The second-order valence-electron chi connectivity index (χ2n) is 4.54. The van der Waals surface area contributed by atoms with Crippen LogP contribution in [-0.2, 0) is 6.54 Å². The van der Waals surface area contributed by atoms with Gasteiger partial charge in [0.1, 0.15) is 5.82 Å². The fourth-order valence-corrected chi connectivity index (χ4v) is 2.27. The number of benzene rings is 1. The van der Waals surface area contributed by atoms with Crippen LogP contribution in [0.25, 0.3) is 0 Å². The van der Waals surface area contributed by atoms with Gasteiger partial charge in [-0.1, -0.05) is 15.9 Å². The van der Waals surface area contributed by atoms with Crippen molar-refractivity contribution in [3.63, 3.8) is 0 Å². The van der Waals surface area contributed by atoms with Crippen molar-refractivity contribution in [1.29, 1.82) is 0 Å². The maximum atomic E-state index is 13.1. The second kappa shape index (κ2) is 6.47. The van der Waals surface area contributed by atoms with Gasteiger partial charge >= 0.3 is 0 Å². The van der Waals surface area contributed by atoms with Crippen molar-refractivity contribution < 1.29 is 4.39 Å². The van der Waals surface area contributed by atoms with Gasteiger partial charge in [0, 0.05) is 17.1 Å². The molecule has 1 saturated carbocycles. The Kier molecular flexibility index (Phi) is 4.95. The van der Waals surface area contributed by atoms with Crippen molar-refractivity contribution in [3.8, 4) is 0 Å². The molecule has 2 rings (SSSR count). The predicted octanol–water partition coefficient (Wildman–Crippen LogP) is 2.82. The zero-order chi connectivity index (χ0) is 12.1. The molecule has 0 saturated heterocycles. The number of rotatable bonds is 7. The van der Waals surface area contributed by atoms with Crippen LogP contribution in [0.2, 0.25) is 0 Å². The molecule has 17 heavy (non-hydrogen) atoms. The summed E-state index contributed by atoms with van der Waals surface area (Å²) in [5, 5.41) is 6.79. The Morgan fingerprint density at radius 2 is 2.06 bits per heavy atom. The van der Waals surface area contributed by atoms with Crippen molar-refractivity contribution in [3.05, 3.63) is 34.1 Å². The number of nitrogens with one attached hydrogen (secondary N) is 2. The summed E-state index contributed by atoms with van der Waals surface area (Å²) in [5.41, 5.74) is 0.979. The van der Waals surface area contributed by atoms with Crippen LogP contribution < -0.4 is 10.6 Å². The van der Waals surface area contributed by atoms with Gasteiger partial charge in [-0.25, -0.2) is 4.39 Å². The van der Waals surface area contributed by atoms with Crippen molar-refractivity contribution >= 4 is 15.9 Å². The Morgan fingerprint density at radius 1 is 1.24 bits per heavy atom. The van der Waals surface area contributed by atoms with Crippen LogP contribution in [0, 0.1) is 5.82 Å². The lowest BCUT2D eigenvalue weighted by Crippen LogP contribution is -2.23. The topological polar surface area (TPSA) is 24.1 Å². The Hall–Kier alpha value is -0.450. The van der Waals surface area contributed by atoms with E-state index < -0.39 is 0 Å². The zero-order valence-corrected chi connectivity index (χ0v) is 11.4. The van der Waals surface area contributed by atoms with E-state index >= 15 is 0 Å². The lowest BCUT2D eigenvalue weighted by atomic mass is 10.2. The number of hydrogen-bond donors (Lipinski definition) is 2. The summed E-state index contributed by atoms with van der Waals surface area (Å²) in [5.74, 6) is -0.188. The average Bonchev–Trinajstić information content (AvgIpc) is 3.05. The highest BCUT2D eigenvalue weighted by molar-refractivity contribution is 9.10. The quantitative estimate of drug-likeness (QED) is 0.757. The molecule has 2 nitrogen and oxygen atoms in total. The van der Waals surface area contributed by atoms with Crippen molar-refractivity contribution in [2.75, 3.05) is 13.1 Å². The minimum atomic E-state index is -0.188. The molecule has 94 valence electrons. The Labute approximate surface area is 110 Å². The first kappa shape index (κ1) is 13.0. The summed E-state index contributed by atoms with van der Waals surface area (Å²) in [6.07, 6.45) is 3.79. The van der Waals surface area contributed by atoms with Gasteiger partial charge < -0.3 is 10.6 Å². The molecular weight excluding hydrogens is 283 g/mol. The van der Waals surface area contributed by atoms with Crippen LogP contribution in [0.5, 0.6) is 0 Å². The minimum absolute atomic E-state index is 0.188. The Bertz CT molecular complexity index is 346. The highest BCUT2D eigenvalue weighted by atomic mass is 79.9. The molecule has 0 spiro atoms. The molecule has 1 aromatic carbocycles. The third kappa shape index (κ3) is 5.15. The van der Waals surface area contributed by atoms with Crippen molar-refractivity contribution in [1.82, 2.24) is 10.6 Å². The molecule has 0 bridgehead atoms. The summed E-state index contributed by atoms with van der Waals surface area (Å²) in [6.45, 7) is 2.76. The van der Waals surface area contributed by atoms with Gasteiger partial charge in [0.05, 0.1) is 0 Å². The molecular formula is C13H18BrFN2. The van der Waals surface area contributed by atoms with Gasteiger partial charge in [0.25, 0.3) is 0 Å². The minimum Gasteiger partial charge on any atom is -0.314 e. The molecule has 4 heteroatoms. The highest BCUT2D eigenvalue weighted by Crippen LogP contribution is 2.18. The van der Waals surface area contributed by atoms with E-state index in [2.05, 4.69) is 26.6 Å². The van der Waals surface area contributed by atoms with Crippen LogP contribution >= 0.6 is 15.9 Å². The van der Waals surface area contributed by atoms with Gasteiger partial charge in [0.15, 0.2) is 0 Å². The third-order valence-electron chi connectivity index (χ3n) is 2.79. The van der Waals surface area contributed by atoms with Crippen molar-refractivity contribution in [2.45, 2.75) is 31.8 Å². The van der Waals surface area contributed by atoms with E-state index in [1.54, 1.807) is 6.07 Å². The van der Waals surface area contributed by atoms with E-state index in [4.69, 9.17) is 0 Å². The molecule has 0 atom stereocenters. The molecule has 0 amide bonds. The molecule has 0 heterocycles. The maximum absolute atomic E-state index is 13.1. The van der Waals surface area contributed by atoms with Gasteiger partial charge in [-0.2, -0.15) is 0 Å². The smallest absolute Gasteiger partial charge is 0.124 e. The summed E-state index contributed by atoms with van der Waals surface area (Å²) in [6, 6.07) is 5.77. The van der Waals surface area contributed by atoms with Gasteiger partial charge in [-0.05, 0) is 56.1 Å². The molecule has 1 aliphatic carbocycles. The lowest BCUT2D eigenvalue weighted by molar-refractivity contribution is 0.588. The second-order valence-corrected chi connectivity index (χ2v) is 5.45.